The molecule has 15 heavy (non-hydrogen) atoms. The summed E-state index contributed by atoms with van der Waals surface area (Å²) in [6, 6.07) is 0.615. The summed E-state index contributed by atoms with van der Waals surface area (Å²) in [5.74, 6) is 0. The van der Waals surface area contributed by atoms with Gasteiger partial charge >= 0.3 is 6.18 Å². The lowest BCUT2D eigenvalue weighted by Gasteiger charge is -2.11. The smallest absolute Gasteiger partial charge is 0.263 e. The van der Waals surface area contributed by atoms with Crippen LogP contribution >= 0.6 is 0 Å². The van der Waals surface area contributed by atoms with E-state index in [1.807, 2.05) is 0 Å². The van der Waals surface area contributed by atoms with Gasteiger partial charge in [0.1, 0.15) is 4.90 Å². The lowest BCUT2D eigenvalue weighted by Crippen LogP contribution is -2.23. The van der Waals surface area contributed by atoms with Crippen LogP contribution in [0.25, 0.3) is 0 Å². The summed E-state index contributed by atoms with van der Waals surface area (Å²) in [6.07, 6.45) is -3.17. The summed E-state index contributed by atoms with van der Waals surface area (Å²) in [5.41, 5.74) is -1.23. The predicted molar refractivity (Wildman–Crippen MR) is 45.5 cm³/mol. The van der Waals surface area contributed by atoms with E-state index in [9.17, 15) is 21.6 Å². The van der Waals surface area contributed by atoms with Gasteiger partial charge in [-0.05, 0) is 13.1 Å². The van der Waals surface area contributed by atoms with Crippen LogP contribution in [0.3, 0.4) is 0 Å². The van der Waals surface area contributed by atoms with E-state index < -0.39 is 26.7 Å². The number of hydrogen-bond donors (Lipinski definition) is 1. The second-order valence-corrected chi connectivity index (χ2v) is 4.43. The van der Waals surface area contributed by atoms with Crippen molar-refractivity contribution in [3.05, 3.63) is 24.0 Å². The number of alkyl halides is 3. The van der Waals surface area contributed by atoms with Crippen molar-refractivity contribution in [3.8, 4) is 0 Å². The van der Waals surface area contributed by atoms with Gasteiger partial charge in [-0.15, -0.1) is 0 Å². The zero-order valence-corrected chi connectivity index (χ0v) is 8.35. The van der Waals surface area contributed by atoms with Gasteiger partial charge in [0.25, 0.3) is 0 Å². The third kappa shape index (κ3) is 2.45. The van der Waals surface area contributed by atoms with E-state index in [-0.39, 0.29) is 0 Å². The maximum absolute atomic E-state index is 12.4. The van der Waals surface area contributed by atoms with Gasteiger partial charge in [-0.1, -0.05) is 0 Å². The van der Waals surface area contributed by atoms with Crippen molar-refractivity contribution < 1.29 is 21.6 Å². The Kier molecular flexibility index (Phi) is 3.00. The molecule has 0 aliphatic carbocycles. The minimum atomic E-state index is -4.72. The molecule has 0 aliphatic rings. The Morgan fingerprint density at radius 3 is 2.47 bits per heavy atom. The molecule has 1 aromatic heterocycles. The number of hydrogen-bond acceptors (Lipinski definition) is 3. The molecule has 84 valence electrons. The van der Waals surface area contributed by atoms with Crippen LogP contribution in [0.2, 0.25) is 0 Å². The zero-order valence-electron chi connectivity index (χ0n) is 7.54. The normalized spacial score (nSPS) is 12.8. The quantitative estimate of drug-likeness (QED) is 0.839. The van der Waals surface area contributed by atoms with E-state index in [1.54, 1.807) is 4.72 Å². The Morgan fingerprint density at radius 1 is 1.40 bits per heavy atom. The lowest BCUT2D eigenvalue weighted by molar-refractivity contribution is -0.140. The Labute approximate surface area is 84.2 Å². The summed E-state index contributed by atoms with van der Waals surface area (Å²) in [5, 5.41) is 0. The van der Waals surface area contributed by atoms with E-state index >= 15 is 0 Å². The van der Waals surface area contributed by atoms with Crippen LogP contribution in [-0.4, -0.2) is 20.4 Å². The first-order valence-electron chi connectivity index (χ1n) is 3.74. The molecule has 0 spiro atoms. The topological polar surface area (TPSA) is 59.1 Å². The first-order valence-corrected chi connectivity index (χ1v) is 5.22. The second kappa shape index (κ2) is 3.78. The number of aromatic nitrogens is 1. The number of rotatable bonds is 2. The van der Waals surface area contributed by atoms with Gasteiger partial charge in [0.15, 0.2) is 0 Å². The third-order valence-electron chi connectivity index (χ3n) is 1.65. The SMILES string of the molecule is CNS(=O)(=O)c1cnccc1C(F)(F)F. The van der Waals surface area contributed by atoms with Gasteiger partial charge in [-0.3, -0.25) is 4.98 Å². The van der Waals surface area contributed by atoms with E-state index in [4.69, 9.17) is 0 Å². The van der Waals surface area contributed by atoms with Crippen LogP contribution in [0.15, 0.2) is 23.4 Å². The number of halogens is 3. The minimum Gasteiger partial charge on any atom is -0.263 e. The van der Waals surface area contributed by atoms with Crippen molar-refractivity contribution in [2.24, 2.45) is 0 Å². The highest BCUT2D eigenvalue weighted by Crippen LogP contribution is 2.33. The van der Waals surface area contributed by atoms with Crippen molar-refractivity contribution in [1.82, 2.24) is 9.71 Å². The van der Waals surface area contributed by atoms with Crippen LogP contribution in [0, 0.1) is 0 Å². The molecule has 8 heteroatoms. The zero-order chi connectivity index (χ0) is 11.7. The fourth-order valence-corrected chi connectivity index (χ4v) is 1.83. The van der Waals surface area contributed by atoms with Gasteiger partial charge in [-0.25, -0.2) is 13.1 Å². The highest BCUT2D eigenvalue weighted by molar-refractivity contribution is 7.89. The monoisotopic (exact) mass is 240 g/mol. The molecule has 0 aromatic carbocycles. The molecule has 0 fully saturated rings. The largest absolute Gasteiger partial charge is 0.417 e. The Morgan fingerprint density at radius 2 is 2.00 bits per heavy atom. The lowest BCUT2D eigenvalue weighted by atomic mass is 10.3. The Bertz CT molecular complexity index is 456. The molecule has 0 unspecified atom stereocenters. The van der Waals surface area contributed by atoms with Gasteiger partial charge in [-0.2, -0.15) is 13.2 Å². The second-order valence-electron chi connectivity index (χ2n) is 2.58. The molecule has 0 aliphatic heterocycles. The van der Waals surface area contributed by atoms with E-state index in [1.165, 1.54) is 0 Å². The summed E-state index contributed by atoms with van der Waals surface area (Å²) in [4.78, 5) is 2.48. The molecular formula is C7H7F3N2O2S. The van der Waals surface area contributed by atoms with Crippen molar-refractivity contribution in [3.63, 3.8) is 0 Å². The van der Waals surface area contributed by atoms with E-state index in [0.29, 0.717) is 12.3 Å². The van der Waals surface area contributed by atoms with Crippen LogP contribution in [-0.2, 0) is 16.2 Å². The van der Waals surface area contributed by atoms with Gasteiger partial charge in [0, 0.05) is 12.4 Å². The Balaban J connectivity index is 3.45. The van der Waals surface area contributed by atoms with Crippen LogP contribution in [0.1, 0.15) is 5.56 Å². The first kappa shape index (κ1) is 11.9. The molecule has 1 aromatic rings. The van der Waals surface area contributed by atoms with Gasteiger partial charge in [0.05, 0.1) is 5.56 Å². The van der Waals surface area contributed by atoms with Gasteiger partial charge < -0.3 is 0 Å². The molecule has 0 radical (unpaired) electrons. The molecule has 0 saturated heterocycles. The molecule has 1 N–H and O–H groups in total. The average molecular weight is 240 g/mol. The molecule has 0 saturated carbocycles. The average Bonchev–Trinajstić information content (AvgIpc) is 2.16. The van der Waals surface area contributed by atoms with Gasteiger partial charge in [0.2, 0.25) is 10.0 Å². The summed E-state index contributed by atoms with van der Waals surface area (Å²) < 4.78 is 61.4. The maximum Gasteiger partial charge on any atom is 0.417 e. The Hall–Kier alpha value is -1.15. The molecular weight excluding hydrogens is 233 g/mol. The number of sulfonamides is 1. The highest BCUT2D eigenvalue weighted by Gasteiger charge is 2.36. The van der Waals surface area contributed by atoms with Crippen molar-refractivity contribution in [2.45, 2.75) is 11.1 Å². The minimum absolute atomic E-state index is 0.615. The number of pyridine rings is 1. The molecule has 1 rings (SSSR count). The first-order chi connectivity index (χ1) is 6.79. The number of nitrogens with one attached hydrogen (secondary N) is 1. The van der Waals surface area contributed by atoms with Crippen molar-refractivity contribution in [2.75, 3.05) is 7.05 Å². The van der Waals surface area contributed by atoms with Crippen molar-refractivity contribution in [1.29, 1.82) is 0 Å². The summed E-state index contributed by atoms with van der Waals surface area (Å²) >= 11 is 0. The molecule has 0 atom stereocenters. The van der Waals surface area contributed by atoms with Crippen LogP contribution in [0.4, 0.5) is 13.2 Å². The third-order valence-corrected chi connectivity index (χ3v) is 3.09. The molecule has 0 amide bonds. The van der Waals surface area contributed by atoms with E-state index in [2.05, 4.69) is 4.98 Å². The van der Waals surface area contributed by atoms with E-state index in [0.717, 1.165) is 13.2 Å². The predicted octanol–water partition coefficient (Wildman–Crippen LogP) is 1.01. The van der Waals surface area contributed by atoms with Crippen molar-refractivity contribution >= 4 is 10.0 Å². The number of nitrogens with zero attached hydrogens (tertiary/aromatic N) is 1. The molecule has 4 nitrogen and oxygen atoms in total. The highest BCUT2D eigenvalue weighted by atomic mass is 32.2. The molecule has 0 bridgehead atoms. The van der Waals surface area contributed by atoms with Crippen LogP contribution < -0.4 is 4.72 Å². The fourth-order valence-electron chi connectivity index (χ4n) is 0.938. The maximum atomic E-state index is 12.4. The summed E-state index contributed by atoms with van der Waals surface area (Å²) in [7, 11) is -3.11. The fraction of sp³-hybridized carbons (Fsp3) is 0.286. The summed E-state index contributed by atoms with van der Waals surface area (Å²) in [6.45, 7) is 0. The molecule has 1 heterocycles. The van der Waals surface area contributed by atoms with Crippen LogP contribution in [0.5, 0.6) is 0 Å². The standard InChI is InChI=1S/C7H7F3N2O2S/c1-11-15(13,14)6-4-12-3-2-5(6)7(8,9)10/h2-4,11H,1H3.